The first kappa shape index (κ1) is 13.1. The fraction of sp³-hybridized carbons (Fsp3) is 0.0769. The number of hydrogen-bond donors (Lipinski definition) is 0. The van der Waals surface area contributed by atoms with Crippen LogP contribution in [0.15, 0.2) is 30.7 Å². The van der Waals surface area contributed by atoms with Gasteiger partial charge in [-0.1, -0.05) is 23.2 Å². The summed E-state index contributed by atoms with van der Waals surface area (Å²) < 4.78 is 20.6. The molecule has 20 heavy (non-hydrogen) atoms. The summed E-state index contributed by atoms with van der Waals surface area (Å²) >= 11 is 12.0. The summed E-state index contributed by atoms with van der Waals surface area (Å²) in [6.07, 6.45) is 4.78. The number of ether oxygens (including phenoxy) is 1. The third-order valence-electron chi connectivity index (χ3n) is 2.93. The van der Waals surface area contributed by atoms with E-state index in [0.717, 1.165) is 0 Å². The molecule has 0 fully saturated rings. The van der Waals surface area contributed by atoms with E-state index >= 15 is 0 Å². The second-order valence-electron chi connectivity index (χ2n) is 4.00. The highest BCUT2D eigenvalue weighted by Gasteiger charge is 2.17. The smallest absolute Gasteiger partial charge is 0.184 e. The standard InChI is InChI=1S/C13H8Cl2FN3O/c1-20-9-3-2-7(10(14)11(9)16)8-6-18-13-12(15)17-4-5-19(8)13/h2-6H,1H3. The Balaban J connectivity index is 2.27. The van der Waals surface area contributed by atoms with Crippen molar-refractivity contribution in [2.24, 2.45) is 0 Å². The van der Waals surface area contributed by atoms with Crippen LogP contribution in [0.3, 0.4) is 0 Å². The van der Waals surface area contributed by atoms with E-state index in [2.05, 4.69) is 9.97 Å². The number of aromatic nitrogens is 3. The second-order valence-corrected chi connectivity index (χ2v) is 4.73. The number of halogens is 3. The molecule has 0 atom stereocenters. The first-order valence-corrected chi connectivity index (χ1v) is 6.39. The summed E-state index contributed by atoms with van der Waals surface area (Å²) in [4.78, 5) is 8.10. The second kappa shape index (κ2) is 4.92. The zero-order chi connectivity index (χ0) is 14.3. The molecule has 0 radical (unpaired) electrons. The van der Waals surface area contributed by atoms with Crippen molar-refractivity contribution in [3.8, 4) is 17.0 Å². The van der Waals surface area contributed by atoms with Crippen molar-refractivity contribution in [2.75, 3.05) is 7.11 Å². The summed E-state index contributed by atoms with van der Waals surface area (Å²) in [5.74, 6) is -0.519. The Hall–Kier alpha value is -1.85. The number of benzene rings is 1. The van der Waals surface area contributed by atoms with Crippen LogP contribution in [0.2, 0.25) is 10.2 Å². The van der Waals surface area contributed by atoms with Crippen LogP contribution < -0.4 is 4.74 Å². The molecule has 102 valence electrons. The van der Waals surface area contributed by atoms with Gasteiger partial charge in [0.1, 0.15) is 0 Å². The minimum atomic E-state index is -0.609. The zero-order valence-corrected chi connectivity index (χ0v) is 11.8. The van der Waals surface area contributed by atoms with Gasteiger partial charge < -0.3 is 4.74 Å². The average molecular weight is 312 g/mol. The molecule has 4 nitrogen and oxygen atoms in total. The molecule has 1 aromatic carbocycles. The molecule has 2 aromatic heterocycles. The highest BCUT2D eigenvalue weighted by molar-refractivity contribution is 6.34. The van der Waals surface area contributed by atoms with Crippen LogP contribution in [-0.4, -0.2) is 21.5 Å². The van der Waals surface area contributed by atoms with Gasteiger partial charge in [0.15, 0.2) is 22.4 Å². The maximum atomic E-state index is 14.0. The Kier molecular flexibility index (Phi) is 3.23. The molecule has 0 amide bonds. The first-order chi connectivity index (χ1) is 9.63. The molecule has 7 heteroatoms. The highest BCUT2D eigenvalue weighted by atomic mass is 35.5. The summed E-state index contributed by atoms with van der Waals surface area (Å²) in [5.41, 5.74) is 1.60. The first-order valence-electron chi connectivity index (χ1n) is 5.63. The van der Waals surface area contributed by atoms with E-state index in [9.17, 15) is 4.39 Å². The highest BCUT2D eigenvalue weighted by Crippen LogP contribution is 2.35. The molecule has 0 aliphatic rings. The molecule has 0 saturated carbocycles. The van der Waals surface area contributed by atoms with E-state index in [1.54, 1.807) is 22.9 Å². The van der Waals surface area contributed by atoms with E-state index in [1.807, 2.05) is 0 Å². The topological polar surface area (TPSA) is 39.4 Å². The number of rotatable bonds is 2. The Morgan fingerprint density at radius 1 is 1.25 bits per heavy atom. The summed E-state index contributed by atoms with van der Waals surface area (Å²) in [7, 11) is 1.38. The van der Waals surface area contributed by atoms with Crippen LogP contribution in [0.4, 0.5) is 4.39 Å². The average Bonchev–Trinajstić information content (AvgIpc) is 2.87. The van der Waals surface area contributed by atoms with Crippen LogP contribution in [0.5, 0.6) is 5.75 Å². The Morgan fingerprint density at radius 2 is 2.05 bits per heavy atom. The zero-order valence-electron chi connectivity index (χ0n) is 10.3. The van der Waals surface area contributed by atoms with Gasteiger partial charge in [-0.3, -0.25) is 4.40 Å². The molecule has 0 aliphatic heterocycles. The monoisotopic (exact) mass is 311 g/mol. The summed E-state index contributed by atoms with van der Waals surface area (Å²) in [5, 5.41) is 0.239. The van der Waals surface area contributed by atoms with E-state index in [0.29, 0.717) is 16.9 Å². The molecule has 2 heterocycles. The quantitative estimate of drug-likeness (QED) is 0.721. The molecule has 0 aliphatic carbocycles. The van der Waals surface area contributed by atoms with Crippen LogP contribution in [0.1, 0.15) is 0 Å². The fourth-order valence-corrected chi connectivity index (χ4v) is 2.42. The molecular formula is C13H8Cl2FN3O. The minimum Gasteiger partial charge on any atom is -0.494 e. The summed E-state index contributed by atoms with van der Waals surface area (Å²) in [6.45, 7) is 0. The van der Waals surface area contributed by atoms with E-state index < -0.39 is 5.82 Å². The Morgan fingerprint density at radius 3 is 2.80 bits per heavy atom. The maximum absolute atomic E-state index is 14.0. The van der Waals surface area contributed by atoms with Gasteiger partial charge in [-0.25, -0.2) is 14.4 Å². The van der Waals surface area contributed by atoms with Gasteiger partial charge in [0.05, 0.1) is 24.0 Å². The number of methoxy groups -OCH3 is 1. The van der Waals surface area contributed by atoms with Gasteiger partial charge in [-0.05, 0) is 12.1 Å². The van der Waals surface area contributed by atoms with Crippen LogP contribution in [0, 0.1) is 5.82 Å². The van der Waals surface area contributed by atoms with E-state index in [1.165, 1.54) is 19.4 Å². The van der Waals surface area contributed by atoms with Crippen molar-refractivity contribution in [3.05, 3.63) is 46.7 Å². The molecule has 0 unspecified atom stereocenters. The number of imidazole rings is 1. The van der Waals surface area contributed by atoms with Gasteiger partial charge in [-0.15, -0.1) is 0 Å². The van der Waals surface area contributed by atoms with Gasteiger partial charge in [0, 0.05) is 18.0 Å². The largest absolute Gasteiger partial charge is 0.494 e. The molecule has 0 N–H and O–H groups in total. The molecule has 0 saturated heterocycles. The lowest BCUT2D eigenvalue weighted by molar-refractivity contribution is 0.387. The number of fused-ring (bicyclic) bond motifs is 1. The Bertz CT molecular complexity index is 804. The van der Waals surface area contributed by atoms with Crippen molar-refractivity contribution in [3.63, 3.8) is 0 Å². The van der Waals surface area contributed by atoms with Crippen LogP contribution >= 0.6 is 23.2 Å². The molecule has 0 bridgehead atoms. The molecule has 3 aromatic rings. The van der Waals surface area contributed by atoms with Crippen molar-refractivity contribution in [2.45, 2.75) is 0 Å². The van der Waals surface area contributed by atoms with Crippen LogP contribution in [0.25, 0.3) is 16.9 Å². The number of hydrogen-bond acceptors (Lipinski definition) is 3. The van der Waals surface area contributed by atoms with E-state index in [4.69, 9.17) is 27.9 Å². The third kappa shape index (κ3) is 1.90. The lowest BCUT2D eigenvalue weighted by atomic mass is 10.1. The van der Waals surface area contributed by atoms with Crippen LogP contribution in [-0.2, 0) is 0 Å². The van der Waals surface area contributed by atoms with Gasteiger partial charge in [0.25, 0.3) is 0 Å². The predicted molar refractivity (Wildman–Crippen MR) is 75.0 cm³/mol. The van der Waals surface area contributed by atoms with Crippen molar-refractivity contribution in [1.82, 2.24) is 14.4 Å². The molecule has 3 rings (SSSR count). The fourth-order valence-electron chi connectivity index (χ4n) is 1.97. The lowest BCUT2D eigenvalue weighted by Crippen LogP contribution is -1.94. The van der Waals surface area contributed by atoms with Crippen molar-refractivity contribution < 1.29 is 9.13 Å². The van der Waals surface area contributed by atoms with Gasteiger partial charge in [-0.2, -0.15) is 0 Å². The number of nitrogens with zero attached hydrogens (tertiary/aromatic N) is 3. The SMILES string of the molecule is COc1ccc(-c2cnc3c(Cl)nccn23)c(Cl)c1F. The Labute approximate surface area is 123 Å². The van der Waals surface area contributed by atoms with E-state index in [-0.39, 0.29) is 15.9 Å². The minimum absolute atomic E-state index is 0.0286. The van der Waals surface area contributed by atoms with Gasteiger partial charge >= 0.3 is 0 Å². The van der Waals surface area contributed by atoms with Crippen molar-refractivity contribution in [1.29, 1.82) is 0 Å². The van der Waals surface area contributed by atoms with Crippen molar-refractivity contribution >= 4 is 28.8 Å². The lowest BCUT2D eigenvalue weighted by Gasteiger charge is -2.08. The third-order valence-corrected chi connectivity index (χ3v) is 3.56. The normalized spacial score (nSPS) is 11.0. The predicted octanol–water partition coefficient (Wildman–Crippen LogP) is 3.85. The van der Waals surface area contributed by atoms with Gasteiger partial charge in [0.2, 0.25) is 0 Å². The maximum Gasteiger partial charge on any atom is 0.184 e. The molecular weight excluding hydrogens is 304 g/mol. The summed E-state index contributed by atoms with van der Waals surface area (Å²) in [6, 6.07) is 3.18. The molecule has 0 spiro atoms.